The van der Waals surface area contributed by atoms with Crippen molar-refractivity contribution in [2.45, 2.75) is 30.6 Å². The highest BCUT2D eigenvalue weighted by molar-refractivity contribution is 7.80. The molecule has 1 aliphatic rings. The Labute approximate surface area is 133 Å². The molecule has 0 aliphatic carbocycles. The third-order valence-corrected chi connectivity index (χ3v) is 3.49. The van der Waals surface area contributed by atoms with Crippen LogP contribution >= 0.6 is 12.2 Å². The Morgan fingerprint density at radius 3 is 2.61 bits per heavy atom. The molecule has 0 aromatic carbocycles. The largest absolute Gasteiger partial charge is 0.394 e. The molecule has 12 heteroatoms. The minimum atomic E-state index is -1.56. The van der Waals surface area contributed by atoms with Crippen molar-refractivity contribution >= 4 is 23.0 Å². The zero-order valence-electron chi connectivity index (χ0n) is 11.6. The van der Waals surface area contributed by atoms with Gasteiger partial charge in [-0.25, -0.2) is 4.79 Å². The first-order chi connectivity index (χ1) is 10.8. The van der Waals surface area contributed by atoms with Gasteiger partial charge in [-0.15, -0.1) is 0 Å². The molecule has 2 heterocycles. The number of rotatable bonds is 3. The first-order valence-corrected chi connectivity index (χ1v) is 6.94. The molecule has 0 bridgehead atoms. The molecule has 23 heavy (non-hydrogen) atoms. The number of thiocarbonyl (C=S) groups is 1. The summed E-state index contributed by atoms with van der Waals surface area (Å²) in [7, 11) is 0. The van der Waals surface area contributed by atoms with E-state index in [9.17, 15) is 24.9 Å². The molecule has 0 amide bonds. The van der Waals surface area contributed by atoms with Crippen LogP contribution in [0.5, 0.6) is 0 Å². The molecule has 1 saturated heterocycles. The Hall–Kier alpha value is -1.83. The van der Waals surface area contributed by atoms with Crippen LogP contribution in [0, 0.1) is 0 Å². The van der Waals surface area contributed by atoms with Gasteiger partial charge in [-0.3, -0.25) is 9.78 Å². The molecular formula is C11H16N4O7S. The zero-order chi connectivity index (χ0) is 17.1. The summed E-state index contributed by atoms with van der Waals surface area (Å²) in [6, 6.07) is -1.20. The lowest BCUT2D eigenvalue weighted by atomic mass is 9.97. The van der Waals surface area contributed by atoms with Gasteiger partial charge in [-0.1, -0.05) is 0 Å². The number of hydrogen-bond donors (Lipinski definition) is 8. The molecule has 0 saturated carbocycles. The van der Waals surface area contributed by atoms with Crippen LogP contribution < -0.4 is 21.9 Å². The summed E-state index contributed by atoms with van der Waals surface area (Å²) < 4.78 is 4.95. The summed E-state index contributed by atoms with van der Waals surface area (Å²) in [5.41, 5.74) is -1.49. The van der Waals surface area contributed by atoms with E-state index in [2.05, 4.69) is 15.6 Å². The van der Waals surface area contributed by atoms with Crippen molar-refractivity contribution in [3.63, 3.8) is 0 Å². The van der Waals surface area contributed by atoms with Crippen molar-refractivity contribution < 1.29 is 25.2 Å². The number of ether oxygens (including phenoxy) is 1. The van der Waals surface area contributed by atoms with Gasteiger partial charge in [-0.2, -0.15) is 0 Å². The molecule has 2 rings (SSSR count). The van der Waals surface area contributed by atoms with E-state index in [0.29, 0.717) is 0 Å². The number of aliphatic hydroxyl groups is 4. The van der Waals surface area contributed by atoms with Crippen LogP contribution in [-0.4, -0.2) is 72.8 Å². The van der Waals surface area contributed by atoms with Crippen molar-refractivity contribution in [2.75, 3.05) is 11.9 Å². The predicted molar refractivity (Wildman–Crippen MR) is 80.8 cm³/mol. The first kappa shape index (κ1) is 17.5. The van der Waals surface area contributed by atoms with Gasteiger partial charge >= 0.3 is 5.69 Å². The molecule has 1 aromatic rings. The highest BCUT2D eigenvalue weighted by Gasteiger charge is 2.43. The van der Waals surface area contributed by atoms with Gasteiger partial charge in [0.25, 0.3) is 5.56 Å². The molecule has 0 unspecified atom stereocenters. The van der Waals surface area contributed by atoms with Crippen molar-refractivity contribution in [2.24, 2.45) is 0 Å². The lowest BCUT2D eigenvalue weighted by Crippen LogP contribution is -2.64. The topological polar surface area (TPSA) is 180 Å². The number of hydrogen-bond acceptors (Lipinski definition) is 8. The van der Waals surface area contributed by atoms with E-state index in [1.54, 1.807) is 0 Å². The normalized spacial score (nSPS) is 30.7. The Morgan fingerprint density at radius 1 is 1.30 bits per heavy atom. The van der Waals surface area contributed by atoms with E-state index in [0.717, 1.165) is 6.20 Å². The number of H-pyrrole nitrogens is 2. The van der Waals surface area contributed by atoms with Crippen LogP contribution in [0.3, 0.4) is 0 Å². The summed E-state index contributed by atoms with van der Waals surface area (Å²) in [5, 5.41) is 43.3. The summed E-state index contributed by atoms with van der Waals surface area (Å²) in [5.74, 6) is 0. The fourth-order valence-corrected chi connectivity index (χ4v) is 2.31. The average molecular weight is 348 g/mol. The van der Waals surface area contributed by atoms with Crippen LogP contribution in [0.15, 0.2) is 15.8 Å². The Morgan fingerprint density at radius 2 is 2.00 bits per heavy atom. The van der Waals surface area contributed by atoms with Crippen LogP contribution in [-0.2, 0) is 4.74 Å². The monoisotopic (exact) mass is 348 g/mol. The number of aliphatic hydroxyl groups excluding tert-OH is 4. The van der Waals surface area contributed by atoms with Crippen LogP contribution in [0.25, 0.3) is 0 Å². The number of anilines is 1. The molecule has 1 fully saturated rings. The van der Waals surface area contributed by atoms with E-state index in [-0.39, 0.29) is 10.8 Å². The van der Waals surface area contributed by atoms with Gasteiger partial charge in [0.2, 0.25) is 0 Å². The highest BCUT2D eigenvalue weighted by atomic mass is 32.1. The maximum atomic E-state index is 11.5. The molecule has 0 spiro atoms. The van der Waals surface area contributed by atoms with Crippen molar-refractivity contribution in [1.29, 1.82) is 0 Å². The van der Waals surface area contributed by atoms with E-state index in [1.165, 1.54) is 0 Å². The molecule has 1 aromatic heterocycles. The number of nitrogens with one attached hydrogen (secondary N) is 4. The predicted octanol–water partition coefficient (Wildman–Crippen LogP) is -3.85. The molecular weight excluding hydrogens is 332 g/mol. The van der Waals surface area contributed by atoms with Gasteiger partial charge in [0.05, 0.1) is 6.61 Å². The van der Waals surface area contributed by atoms with Crippen molar-refractivity contribution in [3.05, 3.63) is 27.0 Å². The van der Waals surface area contributed by atoms with Gasteiger partial charge in [0, 0.05) is 6.20 Å². The summed E-state index contributed by atoms with van der Waals surface area (Å²) in [4.78, 5) is 26.6. The second kappa shape index (κ2) is 7.16. The van der Waals surface area contributed by atoms with Gasteiger partial charge < -0.3 is 40.8 Å². The SMILES string of the molecule is O=c1[nH]cc(NC(=S)N[C@H]2[C@@H](O)[C@H](O)[C@H](CO)O[C@@H]2O)c(=O)[nH]1. The standard InChI is InChI=1S/C11H16N4O7S/c16-2-4-6(17)7(18)5(9(20)22-4)14-11(23)13-3-1-12-10(21)15-8(3)19/h1,4-7,9,16-18,20H,2H2,(H2,13,14,23)(H2,12,15,19,21)/t4-,5-,6+,7+,9-/m0/s1. The fourth-order valence-electron chi connectivity index (χ4n) is 2.07. The van der Waals surface area contributed by atoms with E-state index in [4.69, 9.17) is 22.1 Å². The molecule has 5 atom stereocenters. The van der Waals surface area contributed by atoms with E-state index >= 15 is 0 Å². The van der Waals surface area contributed by atoms with Crippen LogP contribution in [0.2, 0.25) is 0 Å². The first-order valence-electron chi connectivity index (χ1n) is 6.53. The Bertz CT molecular complexity index is 677. The average Bonchev–Trinajstić information content (AvgIpc) is 2.50. The molecule has 0 radical (unpaired) electrons. The number of aromatic nitrogens is 2. The fraction of sp³-hybridized carbons (Fsp3) is 0.545. The smallest absolute Gasteiger partial charge is 0.325 e. The maximum Gasteiger partial charge on any atom is 0.325 e. The third-order valence-electron chi connectivity index (χ3n) is 3.27. The van der Waals surface area contributed by atoms with Gasteiger partial charge in [0.1, 0.15) is 30.0 Å². The van der Waals surface area contributed by atoms with Crippen molar-refractivity contribution in [3.8, 4) is 0 Å². The van der Waals surface area contributed by atoms with Gasteiger partial charge in [0.15, 0.2) is 11.4 Å². The van der Waals surface area contributed by atoms with E-state index < -0.39 is 48.5 Å². The lowest BCUT2D eigenvalue weighted by molar-refractivity contribution is -0.251. The quantitative estimate of drug-likeness (QED) is 0.252. The minimum absolute atomic E-state index is 0.0726. The second-order valence-corrected chi connectivity index (χ2v) is 5.25. The van der Waals surface area contributed by atoms with E-state index in [1.807, 2.05) is 4.98 Å². The zero-order valence-corrected chi connectivity index (χ0v) is 12.4. The molecule has 8 N–H and O–H groups in total. The minimum Gasteiger partial charge on any atom is -0.394 e. The van der Waals surface area contributed by atoms with Crippen LogP contribution in [0.4, 0.5) is 5.69 Å². The molecule has 1 aliphatic heterocycles. The molecule has 11 nitrogen and oxygen atoms in total. The number of aromatic amines is 2. The maximum absolute atomic E-state index is 11.5. The third kappa shape index (κ3) is 3.93. The molecule has 128 valence electrons. The highest BCUT2D eigenvalue weighted by Crippen LogP contribution is 2.19. The Kier molecular flexibility index (Phi) is 5.46. The second-order valence-electron chi connectivity index (χ2n) is 4.84. The summed E-state index contributed by atoms with van der Waals surface area (Å²) in [6.07, 6.45) is -4.53. The van der Waals surface area contributed by atoms with Gasteiger partial charge in [-0.05, 0) is 12.2 Å². The van der Waals surface area contributed by atoms with Crippen molar-refractivity contribution in [1.82, 2.24) is 15.3 Å². The lowest BCUT2D eigenvalue weighted by Gasteiger charge is -2.40. The van der Waals surface area contributed by atoms with Crippen LogP contribution in [0.1, 0.15) is 0 Å². The summed E-state index contributed by atoms with van der Waals surface area (Å²) in [6.45, 7) is -0.586. The summed E-state index contributed by atoms with van der Waals surface area (Å²) >= 11 is 4.94. The Balaban J connectivity index is 2.04.